The van der Waals surface area contributed by atoms with Gasteiger partial charge in [0, 0.05) is 51.2 Å². The number of anilines is 1. The monoisotopic (exact) mass is 311 g/mol. The first-order valence-corrected chi connectivity index (χ1v) is 8.41. The zero-order chi connectivity index (χ0) is 15.9. The number of hydrogen-bond donors (Lipinski definition) is 0. The van der Waals surface area contributed by atoms with Gasteiger partial charge in [0.25, 0.3) is 0 Å². The standard InChI is InChI=1S/C19H25N3O/c1-2-23-19(18-10-6-7-11-20-18)16-21-12-14-22(15-13-21)17-8-4-3-5-9-17/h3-11,19H,2,12-16H2,1H3. The maximum atomic E-state index is 5.92. The number of piperazine rings is 1. The fourth-order valence-corrected chi connectivity index (χ4v) is 3.06. The van der Waals surface area contributed by atoms with E-state index in [2.05, 4.69) is 51.2 Å². The first kappa shape index (κ1) is 16.0. The molecule has 1 aromatic heterocycles. The lowest BCUT2D eigenvalue weighted by molar-refractivity contribution is 0.0284. The lowest BCUT2D eigenvalue weighted by atomic mass is 10.2. The van der Waals surface area contributed by atoms with Crippen molar-refractivity contribution in [3.8, 4) is 0 Å². The molecule has 1 aromatic carbocycles. The molecule has 3 rings (SSSR count). The molecule has 0 N–H and O–H groups in total. The van der Waals surface area contributed by atoms with E-state index < -0.39 is 0 Å². The van der Waals surface area contributed by atoms with Crippen LogP contribution in [0.4, 0.5) is 5.69 Å². The van der Waals surface area contributed by atoms with Crippen LogP contribution in [-0.2, 0) is 4.74 Å². The van der Waals surface area contributed by atoms with Crippen LogP contribution in [0, 0.1) is 0 Å². The lowest BCUT2D eigenvalue weighted by Gasteiger charge is -2.37. The number of rotatable bonds is 6. The van der Waals surface area contributed by atoms with Crippen LogP contribution < -0.4 is 4.90 Å². The van der Waals surface area contributed by atoms with Gasteiger partial charge in [0.15, 0.2) is 0 Å². The zero-order valence-electron chi connectivity index (χ0n) is 13.8. The van der Waals surface area contributed by atoms with Gasteiger partial charge < -0.3 is 9.64 Å². The van der Waals surface area contributed by atoms with Gasteiger partial charge in [-0.25, -0.2) is 0 Å². The number of pyridine rings is 1. The second kappa shape index (κ2) is 8.09. The van der Waals surface area contributed by atoms with E-state index in [1.165, 1.54) is 5.69 Å². The van der Waals surface area contributed by atoms with Crippen molar-refractivity contribution in [1.82, 2.24) is 9.88 Å². The third-order valence-electron chi connectivity index (χ3n) is 4.30. The molecule has 4 nitrogen and oxygen atoms in total. The second-order valence-corrected chi connectivity index (χ2v) is 5.82. The molecule has 122 valence electrons. The minimum Gasteiger partial charge on any atom is -0.371 e. The van der Waals surface area contributed by atoms with Gasteiger partial charge in [0.2, 0.25) is 0 Å². The molecule has 1 aliphatic heterocycles. The van der Waals surface area contributed by atoms with Crippen molar-refractivity contribution >= 4 is 5.69 Å². The van der Waals surface area contributed by atoms with E-state index in [4.69, 9.17) is 4.74 Å². The van der Waals surface area contributed by atoms with Crippen LogP contribution in [0.5, 0.6) is 0 Å². The summed E-state index contributed by atoms with van der Waals surface area (Å²) in [5.41, 5.74) is 2.35. The van der Waals surface area contributed by atoms with E-state index in [0.717, 1.165) is 38.4 Å². The molecule has 2 aromatic rings. The Hall–Kier alpha value is -1.91. The van der Waals surface area contributed by atoms with E-state index in [0.29, 0.717) is 6.61 Å². The molecule has 1 aliphatic rings. The van der Waals surface area contributed by atoms with Gasteiger partial charge in [0.05, 0.1) is 5.69 Å². The second-order valence-electron chi connectivity index (χ2n) is 5.82. The number of para-hydroxylation sites is 1. The van der Waals surface area contributed by atoms with Crippen LogP contribution in [0.15, 0.2) is 54.7 Å². The van der Waals surface area contributed by atoms with Crippen LogP contribution in [0.1, 0.15) is 18.7 Å². The first-order valence-electron chi connectivity index (χ1n) is 8.41. The summed E-state index contributed by atoms with van der Waals surface area (Å²) in [6.45, 7) is 7.91. The smallest absolute Gasteiger partial charge is 0.112 e. The van der Waals surface area contributed by atoms with Crippen molar-refractivity contribution in [2.24, 2.45) is 0 Å². The fourth-order valence-electron chi connectivity index (χ4n) is 3.06. The average Bonchev–Trinajstić information content (AvgIpc) is 2.63. The molecule has 0 saturated carbocycles. The highest BCUT2D eigenvalue weighted by Crippen LogP contribution is 2.20. The number of nitrogens with zero attached hydrogens (tertiary/aromatic N) is 3. The predicted molar refractivity (Wildman–Crippen MR) is 93.7 cm³/mol. The summed E-state index contributed by atoms with van der Waals surface area (Å²) in [5, 5.41) is 0. The van der Waals surface area contributed by atoms with Gasteiger partial charge in [-0.1, -0.05) is 24.3 Å². The quantitative estimate of drug-likeness (QED) is 0.820. The van der Waals surface area contributed by atoms with Gasteiger partial charge >= 0.3 is 0 Å². The minimum absolute atomic E-state index is 0.0597. The van der Waals surface area contributed by atoms with E-state index >= 15 is 0 Å². The summed E-state index contributed by atoms with van der Waals surface area (Å²) < 4.78 is 5.92. The molecule has 23 heavy (non-hydrogen) atoms. The largest absolute Gasteiger partial charge is 0.371 e. The topological polar surface area (TPSA) is 28.6 Å². The predicted octanol–water partition coefficient (Wildman–Crippen LogP) is 2.98. The SMILES string of the molecule is CCOC(CN1CCN(c2ccccc2)CC1)c1ccccn1. The maximum absolute atomic E-state index is 5.92. The minimum atomic E-state index is 0.0597. The molecule has 0 radical (unpaired) electrons. The Morgan fingerprint density at radius 2 is 1.74 bits per heavy atom. The van der Waals surface area contributed by atoms with Crippen LogP contribution in [0.3, 0.4) is 0 Å². The molecule has 1 unspecified atom stereocenters. The van der Waals surface area contributed by atoms with Crippen molar-refractivity contribution in [2.45, 2.75) is 13.0 Å². The summed E-state index contributed by atoms with van der Waals surface area (Å²) in [4.78, 5) is 9.40. The van der Waals surface area contributed by atoms with E-state index in [9.17, 15) is 0 Å². The van der Waals surface area contributed by atoms with Crippen molar-refractivity contribution in [1.29, 1.82) is 0 Å². The molecule has 0 bridgehead atoms. The Balaban J connectivity index is 1.56. The van der Waals surface area contributed by atoms with Crippen LogP contribution in [0.25, 0.3) is 0 Å². The first-order chi connectivity index (χ1) is 11.4. The zero-order valence-corrected chi connectivity index (χ0v) is 13.8. The highest BCUT2D eigenvalue weighted by Gasteiger charge is 2.22. The van der Waals surface area contributed by atoms with Crippen LogP contribution in [-0.4, -0.2) is 49.2 Å². The maximum Gasteiger partial charge on any atom is 0.112 e. The Morgan fingerprint density at radius 1 is 1.00 bits per heavy atom. The number of hydrogen-bond acceptors (Lipinski definition) is 4. The normalized spacial score (nSPS) is 17.2. The number of benzene rings is 1. The molecule has 1 fully saturated rings. The highest BCUT2D eigenvalue weighted by molar-refractivity contribution is 5.46. The Bertz CT molecular complexity index is 568. The van der Waals surface area contributed by atoms with Gasteiger partial charge in [-0.05, 0) is 31.2 Å². The average molecular weight is 311 g/mol. The molecule has 0 aliphatic carbocycles. The molecule has 4 heteroatoms. The van der Waals surface area contributed by atoms with E-state index in [1.807, 2.05) is 25.3 Å². The molecule has 2 heterocycles. The molecule has 0 amide bonds. The van der Waals surface area contributed by atoms with Gasteiger partial charge in [-0.15, -0.1) is 0 Å². The summed E-state index contributed by atoms with van der Waals surface area (Å²) >= 11 is 0. The summed E-state index contributed by atoms with van der Waals surface area (Å²) in [6, 6.07) is 16.7. The molecular weight excluding hydrogens is 286 g/mol. The third-order valence-corrected chi connectivity index (χ3v) is 4.30. The lowest BCUT2D eigenvalue weighted by Crippen LogP contribution is -2.47. The van der Waals surface area contributed by atoms with Gasteiger partial charge in [0.1, 0.15) is 6.10 Å². The summed E-state index contributed by atoms with van der Waals surface area (Å²) in [5.74, 6) is 0. The molecular formula is C19H25N3O. The van der Waals surface area contributed by atoms with Gasteiger partial charge in [-0.3, -0.25) is 9.88 Å². The number of ether oxygens (including phenoxy) is 1. The molecule has 1 atom stereocenters. The van der Waals surface area contributed by atoms with Crippen LogP contribution >= 0.6 is 0 Å². The fraction of sp³-hybridized carbons (Fsp3) is 0.421. The summed E-state index contributed by atoms with van der Waals surface area (Å²) in [6.07, 6.45) is 1.90. The molecule has 0 spiro atoms. The Morgan fingerprint density at radius 3 is 2.39 bits per heavy atom. The Kier molecular flexibility index (Phi) is 5.61. The van der Waals surface area contributed by atoms with Crippen molar-refractivity contribution in [3.05, 3.63) is 60.4 Å². The molecule has 1 saturated heterocycles. The third kappa shape index (κ3) is 4.30. The van der Waals surface area contributed by atoms with E-state index in [1.54, 1.807) is 0 Å². The van der Waals surface area contributed by atoms with Crippen molar-refractivity contribution < 1.29 is 4.74 Å². The van der Waals surface area contributed by atoms with Crippen molar-refractivity contribution in [2.75, 3.05) is 44.2 Å². The Labute approximate surface area is 138 Å². The number of aromatic nitrogens is 1. The van der Waals surface area contributed by atoms with Gasteiger partial charge in [-0.2, -0.15) is 0 Å². The van der Waals surface area contributed by atoms with E-state index in [-0.39, 0.29) is 6.10 Å². The van der Waals surface area contributed by atoms with Crippen LogP contribution in [0.2, 0.25) is 0 Å². The summed E-state index contributed by atoms with van der Waals surface area (Å²) in [7, 11) is 0. The highest BCUT2D eigenvalue weighted by atomic mass is 16.5. The van der Waals surface area contributed by atoms with Crippen molar-refractivity contribution in [3.63, 3.8) is 0 Å².